The number of nitrogens with zero attached hydrogens (tertiary/aromatic N) is 3. The Morgan fingerprint density at radius 2 is 2.05 bits per heavy atom. The van der Waals surface area contributed by atoms with E-state index in [1.165, 1.54) is 0 Å². The van der Waals surface area contributed by atoms with Gasteiger partial charge < -0.3 is 14.4 Å². The molecule has 0 unspecified atom stereocenters. The van der Waals surface area contributed by atoms with Crippen LogP contribution >= 0.6 is 0 Å². The van der Waals surface area contributed by atoms with E-state index in [0.717, 1.165) is 44.8 Å². The fourth-order valence-corrected chi connectivity index (χ4v) is 3.68. The van der Waals surface area contributed by atoms with Crippen LogP contribution < -0.4 is 0 Å². The maximum atomic E-state index is 12.9. The second-order valence-corrected chi connectivity index (χ2v) is 6.32. The van der Waals surface area contributed by atoms with Crippen LogP contribution in [0.15, 0.2) is 22.8 Å². The molecule has 6 nitrogen and oxygen atoms in total. The number of carbonyl (C=O) groups excluding carboxylic acids is 1. The molecule has 1 amide bonds. The van der Waals surface area contributed by atoms with Crippen molar-refractivity contribution in [3.8, 4) is 0 Å². The molecule has 0 bridgehead atoms. The number of piperidine rings is 1. The van der Waals surface area contributed by atoms with Crippen LogP contribution in [0.3, 0.4) is 0 Å². The van der Waals surface area contributed by atoms with Crippen LogP contribution in [0.2, 0.25) is 0 Å². The van der Waals surface area contributed by atoms with Gasteiger partial charge in [0, 0.05) is 32.7 Å². The third kappa shape index (κ3) is 2.78. The molecule has 0 atom stereocenters. The van der Waals surface area contributed by atoms with Crippen LogP contribution in [0.5, 0.6) is 0 Å². The van der Waals surface area contributed by atoms with Crippen molar-refractivity contribution in [1.29, 1.82) is 0 Å². The molecule has 1 aromatic heterocycles. The second kappa shape index (κ2) is 6.40. The van der Waals surface area contributed by atoms with Crippen LogP contribution in [0.1, 0.15) is 18.6 Å². The fraction of sp³-hybridized carbons (Fsp3) is 0.688. The molecule has 122 valence electrons. The molecule has 0 aromatic carbocycles. The largest absolute Gasteiger partial charge is 0.468 e. The normalized spacial score (nSPS) is 23.4. The summed E-state index contributed by atoms with van der Waals surface area (Å²) in [6, 6.07) is 3.90. The highest BCUT2D eigenvalue weighted by Crippen LogP contribution is 2.33. The minimum absolute atomic E-state index is 0.0379. The predicted octanol–water partition coefficient (Wildman–Crippen LogP) is 0.381. The molecular weight excluding hydrogens is 282 g/mol. The number of carbonyl (C=O) groups is 1. The average molecular weight is 307 g/mol. The molecule has 0 radical (unpaired) electrons. The summed E-state index contributed by atoms with van der Waals surface area (Å²) in [6.45, 7) is 4.67. The molecule has 22 heavy (non-hydrogen) atoms. The molecule has 1 aromatic rings. The van der Waals surface area contributed by atoms with Crippen molar-refractivity contribution in [3.05, 3.63) is 24.2 Å². The number of furan rings is 1. The van der Waals surface area contributed by atoms with Gasteiger partial charge in [-0.1, -0.05) is 0 Å². The van der Waals surface area contributed by atoms with Gasteiger partial charge in [0.1, 0.15) is 11.3 Å². The summed E-state index contributed by atoms with van der Waals surface area (Å²) in [7, 11) is 2.05. The lowest BCUT2D eigenvalue weighted by Crippen LogP contribution is -2.67. The van der Waals surface area contributed by atoms with Crippen molar-refractivity contribution in [2.75, 3.05) is 46.4 Å². The van der Waals surface area contributed by atoms with Gasteiger partial charge in [0.05, 0.1) is 19.4 Å². The van der Waals surface area contributed by atoms with Gasteiger partial charge >= 0.3 is 0 Å². The number of hydrogen-bond donors (Lipinski definition) is 1. The Kier molecular flexibility index (Phi) is 4.52. The van der Waals surface area contributed by atoms with Crippen LogP contribution in [0, 0.1) is 0 Å². The number of amides is 1. The lowest BCUT2D eigenvalue weighted by atomic mass is 9.82. The van der Waals surface area contributed by atoms with Crippen molar-refractivity contribution in [3.63, 3.8) is 0 Å². The van der Waals surface area contributed by atoms with Gasteiger partial charge in [-0.15, -0.1) is 0 Å². The van der Waals surface area contributed by atoms with E-state index in [4.69, 9.17) is 9.52 Å². The summed E-state index contributed by atoms with van der Waals surface area (Å²) in [5.41, 5.74) is -0.382. The first kappa shape index (κ1) is 15.5. The molecule has 6 heteroatoms. The minimum Gasteiger partial charge on any atom is -0.468 e. The van der Waals surface area contributed by atoms with Crippen LogP contribution in [-0.2, 0) is 11.3 Å². The maximum absolute atomic E-state index is 12.9. The van der Waals surface area contributed by atoms with Crippen molar-refractivity contribution in [1.82, 2.24) is 14.7 Å². The number of hydrogen-bond acceptors (Lipinski definition) is 5. The Balaban J connectivity index is 1.65. The van der Waals surface area contributed by atoms with Crippen LogP contribution in [0.4, 0.5) is 0 Å². The number of piperazine rings is 1. The Morgan fingerprint density at radius 1 is 1.27 bits per heavy atom. The lowest BCUT2D eigenvalue weighted by Gasteiger charge is -2.51. The van der Waals surface area contributed by atoms with Gasteiger partial charge in [-0.05, 0) is 32.0 Å². The Morgan fingerprint density at radius 3 is 2.68 bits per heavy atom. The van der Waals surface area contributed by atoms with E-state index in [1.54, 1.807) is 6.26 Å². The Labute approximate surface area is 131 Å². The van der Waals surface area contributed by atoms with Gasteiger partial charge in [0.2, 0.25) is 5.91 Å². The first-order valence-electron chi connectivity index (χ1n) is 8.02. The highest BCUT2D eigenvalue weighted by atomic mass is 16.3. The smallest absolute Gasteiger partial charge is 0.243 e. The van der Waals surface area contributed by atoms with Crippen LogP contribution in [-0.4, -0.2) is 77.6 Å². The van der Waals surface area contributed by atoms with E-state index in [0.29, 0.717) is 13.1 Å². The SMILES string of the molecule is CN1CCN(CCO)C(=O)C12CCN(Cc1ccco1)CC2. The summed E-state index contributed by atoms with van der Waals surface area (Å²) in [5, 5.41) is 9.15. The number of likely N-dealkylation sites (tertiary alicyclic amines) is 1. The predicted molar refractivity (Wildman–Crippen MR) is 82.2 cm³/mol. The van der Waals surface area contributed by atoms with E-state index >= 15 is 0 Å². The fourth-order valence-electron chi connectivity index (χ4n) is 3.68. The molecule has 2 fully saturated rings. The zero-order chi connectivity index (χ0) is 15.6. The van der Waals surface area contributed by atoms with E-state index in [9.17, 15) is 4.79 Å². The summed E-state index contributed by atoms with van der Waals surface area (Å²) in [4.78, 5) is 19.2. The Bertz CT molecular complexity index is 495. The maximum Gasteiger partial charge on any atom is 0.243 e. The number of likely N-dealkylation sites (N-methyl/N-ethyl adjacent to an activating group) is 1. The molecule has 1 N–H and O–H groups in total. The zero-order valence-electron chi connectivity index (χ0n) is 13.2. The zero-order valence-corrected chi connectivity index (χ0v) is 13.2. The molecule has 2 aliphatic heterocycles. The second-order valence-electron chi connectivity index (χ2n) is 6.32. The standard InChI is InChI=1S/C16H25N3O3/c1-17-8-9-19(10-11-20)15(21)16(17)4-6-18(7-5-16)13-14-3-2-12-22-14/h2-3,12,20H,4-11,13H2,1H3. The summed E-state index contributed by atoms with van der Waals surface area (Å²) in [6.07, 6.45) is 3.38. The molecule has 2 saturated heterocycles. The van der Waals surface area contributed by atoms with E-state index in [2.05, 4.69) is 16.8 Å². The first-order chi connectivity index (χ1) is 10.7. The monoisotopic (exact) mass is 307 g/mol. The molecule has 3 heterocycles. The molecular formula is C16H25N3O3. The number of aliphatic hydroxyl groups is 1. The molecule has 0 saturated carbocycles. The number of rotatable bonds is 4. The Hall–Kier alpha value is -1.37. The van der Waals surface area contributed by atoms with Crippen molar-refractivity contribution in [2.45, 2.75) is 24.9 Å². The first-order valence-corrected chi connectivity index (χ1v) is 8.02. The summed E-state index contributed by atoms with van der Waals surface area (Å²) >= 11 is 0. The summed E-state index contributed by atoms with van der Waals surface area (Å²) in [5.74, 6) is 1.16. The lowest BCUT2D eigenvalue weighted by molar-refractivity contribution is -0.155. The third-order valence-electron chi connectivity index (χ3n) is 5.13. The van der Waals surface area contributed by atoms with Gasteiger partial charge in [0.15, 0.2) is 0 Å². The van der Waals surface area contributed by atoms with Gasteiger partial charge in [0.25, 0.3) is 0 Å². The third-order valence-corrected chi connectivity index (χ3v) is 5.13. The van der Waals surface area contributed by atoms with Crippen molar-refractivity contribution in [2.24, 2.45) is 0 Å². The highest BCUT2D eigenvalue weighted by Gasteiger charge is 2.48. The molecule has 2 aliphatic rings. The number of aliphatic hydroxyl groups excluding tert-OH is 1. The van der Waals surface area contributed by atoms with Gasteiger partial charge in [-0.3, -0.25) is 14.6 Å². The quantitative estimate of drug-likeness (QED) is 0.871. The topological polar surface area (TPSA) is 60.2 Å². The van der Waals surface area contributed by atoms with E-state index in [-0.39, 0.29) is 18.1 Å². The molecule has 1 spiro atoms. The minimum atomic E-state index is -0.382. The van der Waals surface area contributed by atoms with E-state index in [1.807, 2.05) is 17.0 Å². The van der Waals surface area contributed by atoms with Crippen molar-refractivity contribution >= 4 is 5.91 Å². The van der Waals surface area contributed by atoms with Gasteiger partial charge in [-0.25, -0.2) is 0 Å². The van der Waals surface area contributed by atoms with Crippen LogP contribution in [0.25, 0.3) is 0 Å². The summed E-state index contributed by atoms with van der Waals surface area (Å²) < 4.78 is 5.41. The van der Waals surface area contributed by atoms with E-state index < -0.39 is 0 Å². The number of β-amino-alcohol motifs (C(OH)–C–C–N with tert-alkyl or cyclic N) is 1. The molecule has 3 rings (SSSR count). The average Bonchev–Trinajstić information content (AvgIpc) is 3.03. The van der Waals surface area contributed by atoms with Crippen molar-refractivity contribution < 1.29 is 14.3 Å². The van der Waals surface area contributed by atoms with Gasteiger partial charge in [-0.2, -0.15) is 0 Å². The highest BCUT2D eigenvalue weighted by molar-refractivity contribution is 5.87. The molecule has 0 aliphatic carbocycles.